The van der Waals surface area contributed by atoms with Crippen LogP contribution >= 0.6 is 0 Å². The van der Waals surface area contributed by atoms with Crippen LogP contribution < -0.4 is 5.73 Å². The highest BCUT2D eigenvalue weighted by Crippen LogP contribution is 1.91. The maximum absolute atomic E-state index is 10.5. The highest BCUT2D eigenvalue weighted by Gasteiger charge is 2.02. The molecule has 0 aromatic heterocycles. The normalized spacial score (nSPS) is 13.4. The van der Waals surface area contributed by atoms with Crippen LogP contribution in [0.4, 0.5) is 0 Å². The molecule has 0 atom stereocenters. The van der Waals surface area contributed by atoms with Crippen LogP contribution in [0.25, 0.3) is 0 Å². The van der Waals surface area contributed by atoms with Gasteiger partial charge in [0.15, 0.2) is 11.5 Å². The lowest BCUT2D eigenvalue weighted by Gasteiger charge is -1.94. The number of hydrogen-bond donors (Lipinski definition) is 2. The van der Waals surface area contributed by atoms with Crippen molar-refractivity contribution < 1.29 is 9.90 Å². The second-order valence-corrected chi connectivity index (χ2v) is 1.74. The van der Waals surface area contributed by atoms with Gasteiger partial charge < -0.3 is 10.8 Å². The van der Waals surface area contributed by atoms with Crippen molar-refractivity contribution in [3.05, 3.63) is 11.5 Å². The van der Waals surface area contributed by atoms with Crippen molar-refractivity contribution in [1.82, 2.24) is 0 Å². The Bertz CT molecular complexity index is 194. The lowest BCUT2D eigenvalue weighted by molar-refractivity contribution is -0.113. The van der Waals surface area contributed by atoms with Gasteiger partial charge in [-0.1, -0.05) is 0 Å². The summed E-state index contributed by atoms with van der Waals surface area (Å²) in [6.45, 7) is 1.27. The molecule has 0 rings (SSSR count). The van der Waals surface area contributed by atoms with Crippen LogP contribution in [0, 0.1) is 0 Å². The van der Waals surface area contributed by atoms with Crippen LogP contribution in [0.2, 0.25) is 0 Å². The Labute approximate surface area is 59.1 Å². The third-order valence-corrected chi connectivity index (χ3v) is 0.907. The van der Waals surface area contributed by atoms with Gasteiger partial charge in [0.25, 0.3) is 0 Å². The molecule has 0 saturated heterocycles. The van der Waals surface area contributed by atoms with E-state index >= 15 is 0 Å². The highest BCUT2D eigenvalue weighted by molar-refractivity contribution is 5.97. The van der Waals surface area contributed by atoms with Crippen molar-refractivity contribution in [2.75, 3.05) is 7.05 Å². The van der Waals surface area contributed by atoms with Crippen LogP contribution in [0.1, 0.15) is 6.92 Å². The fraction of sp³-hybridized carbons (Fsp3) is 0.333. The van der Waals surface area contributed by atoms with Crippen molar-refractivity contribution in [1.29, 1.82) is 0 Å². The molecule has 0 aliphatic heterocycles. The van der Waals surface area contributed by atoms with Crippen molar-refractivity contribution in [3.63, 3.8) is 0 Å². The van der Waals surface area contributed by atoms with Crippen LogP contribution in [-0.4, -0.2) is 24.2 Å². The number of nitrogens with two attached hydrogens (primary N) is 1. The summed E-state index contributed by atoms with van der Waals surface area (Å²) in [5.74, 6) is -0.646. The highest BCUT2D eigenvalue weighted by atomic mass is 16.3. The predicted octanol–water partition coefficient (Wildman–Crippen LogP) is 0.00430. The molecule has 0 fully saturated rings. The second-order valence-electron chi connectivity index (χ2n) is 1.74. The first-order valence-corrected chi connectivity index (χ1v) is 2.71. The van der Waals surface area contributed by atoms with E-state index in [1.807, 2.05) is 0 Å². The molecule has 0 aromatic carbocycles. The Morgan fingerprint density at radius 3 is 2.50 bits per heavy atom. The van der Waals surface area contributed by atoms with Crippen molar-refractivity contribution in [3.8, 4) is 0 Å². The molecular weight excluding hydrogens is 132 g/mol. The molecule has 56 valence electrons. The van der Waals surface area contributed by atoms with E-state index < -0.39 is 0 Å². The lowest BCUT2D eigenvalue weighted by atomic mass is 10.3. The van der Waals surface area contributed by atoms with Gasteiger partial charge >= 0.3 is 0 Å². The molecule has 10 heavy (non-hydrogen) atoms. The minimum atomic E-state index is -0.364. The Balaban J connectivity index is 4.50. The maximum atomic E-state index is 10.5. The number of carbonyl (C=O) groups excluding carboxylic acids is 1. The number of hydrogen-bond acceptors (Lipinski definition) is 4. The molecule has 0 bridgehead atoms. The Morgan fingerprint density at radius 2 is 2.20 bits per heavy atom. The largest absolute Gasteiger partial charge is 0.504 e. The SMILES string of the molecule is CN=CC(O)=C(N)C(C)=O. The van der Waals surface area contributed by atoms with E-state index in [0.29, 0.717) is 0 Å². The molecule has 0 aliphatic rings. The van der Waals surface area contributed by atoms with E-state index in [1.54, 1.807) is 0 Å². The first-order chi connectivity index (χ1) is 4.59. The van der Waals surface area contributed by atoms with Gasteiger partial charge in [0.2, 0.25) is 0 Å². The zero-order valence-electron chi connectivity index (χ0n) is 5.96. The van der Waals surface area contributed by atoms with Crippen molar-refractivity contribution >= 4 is 12.0 Å². The third kappa shape index (κ3) is 2.30. The summed E-state index contributed by atoms with van der Waals surface area (Å²) in [5.41, 5.74) is 4.97. The molecule has 0 aromatic rings. The first kappa shape index (κ1) is 8.68. The number of nitrogens with zero attached hydrogens (tertiary/aromatic N) is 1. The number of rotatable bonds is 2. The van der Waals surface area contributed by atoms with Gasteiger partial charge in [0, 0.05) is 14.0 Å². The Morgan fingerprint density at radius 1 is 1.70 bits per heavy atom. The van der Waals surface area contributed by atoms with Crippen molar-refractivity contribution in [2.45, 2.75) is 6.92 Å². The average molecular weight is 142 g/mol. The Kier molecular flexibility index (Phi) is 3.17. The second kappa shape index (κ2) is 3.66. The summed E-state index contributed by atoms with van der Waals surface area (Å²) in [4.78, 5) is 13.9. The van der Waals surface area contributed by atoms with Gasteiger partial charge in [0.05, 0.1) is 6.21 Å². The summed E-state index contributed by atoms with van der Waals surface area (Å²) in [7, 11) is 1.48. The van der Waals surface area contributed by atoms with E-state index in [4.69, 9.17) is 10.8 Å². The number of aliphatic hydroxyl groups excluding tert-OH is 1. The van der Waals surface area contributed by atoms with E-state index in [2.05, 4.69) is 4.99 Å². The molecule has 0 radical (unpaired) electrons. The van der Waals surface area contributed by atoms with Gasteiger partial charge in [-0.3, -0.25) is 9.79 Å². The van der Waals surface area contributed by atoms with Gasteiger partial charge in [-0.25, -0.2) is 0 Å². The summed E-state index contributed by atoms with van der Waals surface area (Å²) >= 11 is 0. The summed E-state index contributed by atoms with van der Waals surface area (Å²) < 4.78 is 0. The van der Waals surface area contributed by atoms with Crippen LogP contribution in [-0.2, 0) is 4.79 Å². The molecular formula is C6H10N2O2. The number of Topliss-reactive ketones (excluding diaryl/α,β-unsaturated/α-hetero) is 1. The maximum Gasteiger partial charge on any atom is 0.179 e. The van der Waals surface area contributed by atoms with Crippen LogP contribution in [0.5, 0.6) is 0 Å². The number of ketones is 1. The first-order valence-electron chi connectivity index (χ1n) is 2.71. The van der Waals surface area contributed by atoms with Crippen molar-refractivity contribution in [2.24, 2.45) is 10.7 Å². The van der Waals surface area contributed by atoms with E-state index in [9.17, 15) is 4.79 Å². The molecule has 0 aliphatic carbocycles. The van der Waals surface area contributed by atoms with Gasteiger partial charge in [-0.2, -0.15) is 0 Å². The standard InChI is InChI=1S/C6H10N2O2/c1-4(9)6(7)5(10)3-8-2/h3,10H,7H2,1-2H3. The molecule has 0 spiro atoms. The number of carbonyl (C=O) groups is 1. The van der Waals surface area contributed by atoms with Gasteiger partial charge in [-0.15, -0.1) is 0 Å². The summed E-state index contributed by atoms with van der Waals surface area (Å²) in [5, 5.41) is 8.87. The van der Waals surface area contributed by atoms with Gasteiger partial charge in [0.1, 0.15) is 5.70 Å². The number of aliphatic imine (C=N–C) groups is 1. The zero-order valence-corrected chi connectivity index (χ0v) is 5.96. The topological polar surface area (TPSA) is 75.7 Å². The minimum Gasteiger partial charge on any atom is -0.504 e. The molecule has 0 unspecified atom stereocenters. The molecule has 4 heteroatoms. The number of allylic oxidation sites excluding steroid dienone is 2. The molecule has 0 amide bonds. The lowest BCUT2D eigenvalue weighted by Crippen LogP contribution is -2.11. The van der Waals surface area contributed by atoms with E-state index in [0.717, 1.165) is 6.21 Å². The zero-order chi connectivity index (χ0) is 8.15. The Hall–Kier alpha value is -1.32. The monoisotopic (exact) mass is 142 g/mol. The van der Waals surface area contributed by atoms with Crippen LogP contribution in [0.3, 0.4) is 0 Å². The molecule has 3 N–H and O–H groups in total. The summed E-state index contributed by atoms with van der Waals surface area (Å²) in [6.07, 6.45) is 1.12. The van der Waals surface area contributed by atoms with E-state index in [1.165, 1.54) is 14.0 Å². The quantitative estimate of drug-likeness (QED) is 0.324. The molecule has 4 nitrogen and oxygen atoms in total. The fourth-order valence-corrected chi connectivity index (χ4v) is 0.372. The van der Waals surface area contributed by atoms with Crippen LogP contribution in [0.15, 0.2) is 16.4 Å². The molecule has 0 saturated carbocycles. The minimum absolute atomic E-state index is 0.161. The van der Waals surface area contributed by atoms with Gasteiger partial charge in [-0.05, 0) is 0 Å². The summed E-state index contributed by atoms with van der Waals surface area (Å²) in [6, 6.07) is 0. The molecule has 0 heterocycles. The fourth-order valence-electron chi connectivity index (χ4n) is 0.372. The number of aliphatic hydroxyl groups is 1. The van der Waals surface area contributed by atoms with E-state index in [-0.39, 0.29) is 17.2 Å². The predicted molar refractivity (Wildman–Crippen MR) is 38.9 cm³/mol. The third-order valence-electron chi connectivity index (χ3n) is 0.907. The smallest absolute Gasteiger partial charge is 0.179 e. The average Bonchev–Trinajstić information content (AvgIpc) is 1.87.